The van der Waals surface area contributed by atoms with E-state index >= 15 is 0 Å². The summed E-state index contributed by atoms with van der Waals surface area (Å²) in [6.07, 6.45) is 0. The Bertz CT molecular complexity index is 434. The molecule has 0 fully saturated rings. The van der Waals surface area contributed by atoms with Crippen LogP contribution in [0.5, 0.6) is 0 Å². The fourth-order valence-corrected chi connectivity index (χ4v) is 1.37. The van der Waals surface area contributed by atoms with Crippen molar-refractivity contribution in [3.05, 3.63) is 28.5 Å². The number of carboxylic acid groups (broad SMARTS) is 1. The zero-order chi connectivity index (χ0) is 11.6. The molecular weight excluding hydrogens is 225 g/mol. The van der Waals surface area contributed by atoms with E-state index in [-0.39, 0.29) is 16.3 Å². The molecule has 1 amide bonds. The van der Waals surface area contributed by atoms with Crippen LogP contribution in [-0.2, 0) is 4.79 Å². The second kappa shape index (κ2) is 4.27. The minimum atomic E-state index is -1.33. The van der Waals surface area contributed by atoms with Crippen LogP contribution in [0.25, 0.3) is 0 Å². The van der Waals surface area contributed by atoms with Crippen LogP contribution in [0.15, 0.2) is 12.1 Å². The highest BCUT2D eigenvalue weighted by molar-refractivity contribution is 6.34. The minimum Gasteiger partial charge on any atom is -0.478 e. The number of carbonyl (C=O) groups is 2. The normalized spacial score (nSPS) is 9.80. The van der Waals surface area contributed by atoms with Gasteiger partial charge in [-0.3, -0.25) is 4.79 Å². The standard InChI is InChI=1S/C9H7ClFNO3/c1-4(13)12-7-3-5(11)2-6(10)8(7)9(14)15/h2-3H,1H3,(H,12,13)(H,14,15). The number of carboxylic acids is 1. The van der Waals surface area contributed by atoms with Crippen LogP contribution in [0.1, 0.15) is 17.3 Å². The first-order valence-electron chi connectivity index (χ1n) is 3.91. The van der Waals surface area contributed by atoms with Gasteiger partial charge in [0.2, 0.25) is 5.91 Å². The zero-order valence-electron chi connectivity index (χ0n) is 7.67. The Morgan fingerprint density at radius 3 is 2.53 bits per heavy atom. The second-order valence-corrected chi connectivity index (χ2v) is 3.20. The molecule has 0 spiro atoms. The molecule has 6 heteroatoms. The predicted molar refractivity (Wildman–Crippen MR) is 52.7 cm³/mol. The molecule has 0 aliphatic carbocycles. The lowest BCUT2D eigenvalue weighted by atomic mass is 10.1. The number of hydrogen-bond donors (Lipinski definition) is 2. The first-order valence-corrected chi connectivity index (χ1v) is 4.29. The van der Waals surface area contributed by atoms with Gasteiger partial charge in [0.15, 0.2) is 0 Å². The summed E-state index contributed by atoms with van der Waals surface area (Å²) in [4.78, 5) is 21.5. The van der Waals surface area contributed by atoms with E-state index in [1.54, 1.807) is 0 Å². The van der Waals surface area contributed by atoms with Gasteiger partial charge in [-0.2, -0.15) is 0 Å². The summed E-state index contributed by atoms with van der Waals surface area (Å²) in [5.74, 6) is -2.54. The lowest BCUT2D eigenvalue weighted by Crippen LogP contribution is -2.11. The number of amides is 1. The maximum absolute atomic E-state index is 12.9. The third-order valence-electron chi connectivity index (χ3n) is 1.58. The number of rotatable bonds is 2. The SMILES string of the molecule is CC(=O)Nc1cc(F)cc(Cl)c1C(=O)O. The van der Waals surface area contributed by atoms with Crippen molar-refractivity contribution in [2.45, 2.75) is 6.92 Å². The van der Waals surface area contributed by atoms with Crippen molar-refractivity contribution in [3.63, 3.8) is 0 Å². The second-order valence-electron chi connectivity index (χ2n) is 2.80. The van der Waals surface area contributed by atoms with Crippen molar-refractivity contribution in [1.82, 2.24) is 0 Å². The largest absolute Gasteiger partial charge is 0.478 e. The third-order valence-corrected chi connectivity index (χ3v) is 1.88. The summed E-state index contributed by atoms with van der Waals surface area (Å²) < 4.78 is 12.9. The van der Waals surface area contributed by atoms with E-state index in [1.165, 1.54) is 6.92 Å². The Morgan fingerprint density at radius 1 is 1.47 bits per heavy atom. The van der Waals surface area contributed by atoms with Crippen LogP contribution in [0.3, 0.4) is 0 Å². The van der Waals surface area contributed by atoms with Gasteiger partial charge >= 0.3 is 5.97 Å². The van der Waals surface area contributed by atoms with E-state index < -0.39 is 17.7 Å². The van der Waals surface area contributed by atoms with Gasteiger partial charge in [-0.05, 0) is 12.1 Å². The molecular formula is C9H7ClFNO3. The van der Waals surface area contributed by atoms with Crippen molar-refractivity contribution in [1.29, 1.82) is 0 Å². The quantitative estimate of drug-likeness (QED) is 0.820. The molecule has 0 aliphatic rings. The van der Waals surface area contributed by atoms with E-state index in [9.17, 15) is 14.0 Å². The van der Waals surface area contributed by atoms with Crippen LogP contribution in [0.4, 0.5) is 10.1 Å². The number of nitrogens with one attached hydrogen (secondary N) is 1. The zero-order valence-corrected chi connectivity index (χ0v) is 8.43. The number of benzene rings is 1. The number of halogens is 2. The molecule has 0 aromatic heterocycles. The summed E-state index contributed by atoms with van der Waals surface area (Å²) in [7, 11) is 0. The van der Waals surface area contributed by atoms with Crippen molar-refractivity contribution < 1.29 is 19.1 Å². The topological polar surface area (TPSA) is 66.4 Å². The highest BCUT2D eigenvalue weighted by Crippen LogP contribution is 2.26. The summed E-state index contributed by atoms with van der Waals surface area (Å²) in [6.45, 7) is 1.18. The van der Waals surface area contributed by atoms with Crippen LogP contribution in [0.2, 0.25) is 5.02 Å². The molecule has 15 heavy (non-hydrogen) atoms. The molecule has 0 aliphatic heterocycles. The highest BCUT2D eigenvalue weighted by Gasteiger charge is 2.17. The van der Waals surface area contributed by atoms with Crippen molar-refractivity contribution >= 4 is 29.2 Å². The molecule has 2 N–H and O–H groups in total. The van der Waals surface area contributed by atoms with Gasteiger partial charge in [-0.25, -0.2) is 9.18 Å². The fraction of sp³-hybridized carbons (Fsp3) is 0.111. The summed E-state index contributed by atoms with van der Waals surface area (Å²) in [5, 5.41) is 10.7. The molecule has 0 atom stereocenters. The average molecular weight is 232 g/mol. The molecule has 0 heterocycles. The maximum Gasteiger partial charge on any atom is 0.339 e. The first kappa shape index (κ1) is 11.5. The molecule has 80 valence electrons. The molecule has 0 saturated heterocycles. The minimum absolute atomic E-state index is 0.153. The highest BCUT2D eigenvalue weighted by atomic mass is 35.5. The first-order chi connectivity index (χ1) is 6.91. The van der Waals surface area contributed by atoms with Gasteiger partial charge in [-0.1, -0.05) is 11.6 Å². The Kier molecular flexibility index (Phi) is 3.26. The third kappa shape index (κ3) is 2.66. The van der Waals surface area contributed by atoms with Crippen molar-refractivity contribution in [2.75, 3.05) is 5.32 Å². The molecule has 1 aromatic rings. The van der Waals surface area contributed by atoms with Crippen LogP contribution < -0.4 is 5.32 Å². The Morgan fingerprint density at radius 2 is 2.07 bits per heavy atom. The van der Waals surface area contributed by atoms with E-state index in [0.29, 0.717) is 0 Å². The van der Waals surface area contributed by atoms with Gasteiger partial charge in [0.1, 0.15) is 11.4 Å². The Balaban J connectivity index is 3.33. The van der Waals surface area contributed by atoms with Crippen molar-refractivity contribution in [3.8, 4) is 0 Å². The molecule has 4 nitrogen and oxygen atoms in total. The number of hydrogen-bond acceptors (Lipinski definition) is 2. The molecule has 1 aromatic carbocycles. The molecule has 0 saturated carbocycles. The van der Waals surface area contributed by atoms with Gasteiger partial charge < -0.3 is 10.4 Å². The van der Waals surface area contributed by atoms with E-state index in [0.717, 1.165) is 12.1 Å². The molecule has 1 rings (SSSR count). The predicted octanol–water partition coefficient (Wildman–Crippen LogP) is 2.14. The summed E-state index contributed by atoms with van der Waals surface area (Å²) in [5.41, 5.74) is -0.478. The Hall–Kier alpha value is -1.62. The molecule has 0 radical (unpaired) electrons. The van der Waals surface area contributed by atoms with Gasteiger partial charge in [-0.15, -0.1) is 0 Å². The lowest BCUT2D eigenvalue weighted by molar-refractivity contribution is -0.114. The smallest absolute Gasteiger partial charge is 0.339 e. The number of anilines is 1. The van der Waals surface area contributed by atoms with E-state index in [2.05, 4.69) is 5.32 Å². The number of aromatic carboxylic acids is 1. The van der Waals surface area contributed by atoms with Crippen LogP contribution >= 0.6 is 11.6 Å². The van der Waals surface area contributed by atoms with Gasteiger partial charge in [0, 0.05) is 6.92 Å². The summed E-state index contributed by atoms with van der Waals surface area (Å²) >= 11 is 5.54. The lowest BCUT2D eigenvalue weighted by Gasteiger charge is -2.08. The summed E-state index contributed by atoms with van der Waals surface area (Å²) in [6, 6.07) is 1.77. The van der Waals surface area contributed by atoms with E-state index in [4.69, 9.17) is 16.7 Å². The van der Waals surface area contributed by atoms with Gasteiger partial charge in [0.05, 0.1) is 10.7 Å². The number of carbonyl (C=O) groups excluding carboxylic acids is 1. The monoisotopic (exact) mass is 231 g/mol. The molecule has 0 bridgehead atoms. The van der Waals surface area contributed by atoms with Crippen LogP contribution in [0, 0.1) is 5.82 Å². The van der Waals surface area contributed by atoms with Crippen LogP contribution in [-0.4, -0.2) is 17.0 Å². The maximum atomic E-state index is 12.9. The molecule has 0 unspecified atom stereocenters. The van der Waals surface area contributed by atoms with E-state index in [1.807, 2.05) is 0 Å². The van der Waals surface area contributed by atoms with Gasteiger partial charge in [0.25, 0.3) is 0 Å². The Labute approximate surface area is 89.7 Å². The van der Waals surface area contributed by atoms with Crippen molar-refractivity contribution in [2.24, 2.45) is 0 Å². The average Bonchev–Trinajstić information content (AvgIpc) is 1.99. The fourth-order valence-electron chi connectivity index (χ4n) is 1.08.